The normalized spacial score (nSPS) is 10.8. The number of aliphatic carboxylic acids is 1. The molecule has 12 heavy (non-hydrogen) atoms. The predicted octanol–water partition coefficient (Wildman–Crippen LogP) is 0.253. The summed E-state index contributed by atoms with van der Waals surface area (Å²) < 4.78 is 4.83. The quantitative estimate of drug-likeness (QED) is 0.428. The number of hydrogen-bond donors (Lipinski definition) is 2. The maximum absolute atomic E-state index is 10.00. The number of ether oxygens (including phenoxy) is 1. The Morgan fingerprint density at radius 3 is 3.00 bits per heavy atom. The molecule has 0 unspecified atom stereocenters. The largest absolute Gasteiger partial charge is 0.478 e. The fourth-order valence-electron chi connectivity index (χ4n) is 0.687. The van der Waals surface area contributed by atoms with Gasteiger partial charge in [0.05, 0.1) is 0 Å². The fourth-order valence-corrected chi connectivity index (χ4v) is 0.687. The van der Waals surface area contributed by atoms with Crippen LogP contribution in [0.4, 0.5) is 0 Å². The lowest BCUT2D eigenvalue weighted by Gasteiger charge is -1.99. The third kappa shape index (κ3) is 9.13. The lowest BCUT2D eigenvalue weighted by atomic mass is 10.4. The average molecular weight is 173 g/mol. The van der Waals surface area contributed by atoms with E-state index in [9.17, 15) is 4.79 Å². The minimum atomic E-state index is -0.909. The molecule has 0 spiro atoms. The van der Waals surface area contributed by atoms with E-state index in [1.807, 2.05) is 0 Å². The predicted molar refractivity (Wildman–Crippen MR) is 46.1 cm³/mol. The van der Waals surface area contributed by atoms with E-state index < -0.39 is 5.97 Å². The molecule has 0 aromatic carbocycles. The van der Waals surface area contributed by atoms with Gasteiger partial charge < -0.3 is 15.2 Å². The number of carbonyl (C=O) groups is 1. The first-order valence-corrected chi connectivity index (χ1v) is 3.86. The van der Waals surface area contributed by atoms with E-state index in [1.54, 1.807) is 13.2 Å². The van der Waals surface area contributed by atoms with Crippen molar-refractivity contribution in [1.29, 1.82) is 0 Å². The number of carboxylic acids is 1. The molecular formula is C8H15NO3. The highest BCUT2D eigenvalue weighted by molar-refractivity contribution is 5.79. The third-order valence-corrected chi connectivity index (χ3v) is 1.22. The number of methoxy groups -OCH3 is 1. The maximum Gasteiger partial charge on any atom is 0.328 e. The molecule has 4 heteroatoms. The van der Waals surface area contributed by atoms with Gasteiger partial charge in [-0.2, -0.15) is 0 Å². The molecule has 0 fully saturated rings. The van der Waals surface area contributed by atoms with E-state index in [2.05, 4.69) is 5.32 Å². The highest BCUT2D eigenvalue weighted by atomic mass is 16.5. The lowest BCUT2D eigenvalue weighted by Crippen LogP contribution is -2.16. The van der Waals surface area contributed by atoms with Crippen molar-refractivity contribution in [3.05, 3.63) is 12.2 Å². The second-order valence-electron chi connectivity index (χ2n) is 2.29. The fraction of sp³-hybridized carbons (Fsp3) is 0.625. The molecule has 70 valence electrons. The number of hydrogen-bond acceptors (Lipinski definition) is 3. The van der Waals surface area contributed by atoms with Crippen LogP contribution in [0.5, 0.6) is 0 Å². The molecule has 2 N–H and O–H groups in total. The summed E-state index contributed by atoms with van der Waals surface area (Å²) in [5, 5.41) is 11.3. The van der Waals surface area contributed by atoms with Crippen LogP contribution in [0.2, 0.25) is 0 Å². The van der Waals surface area contributed by atoms with E-state index >= 15 is 0 Å². The zero-order chi connectivity index (χ0) is 9.23. The Morgan fingerprint density at radius 1 is 1.67 bits per heavy atom. The first kappa shape index (κ1) is 11.1. The van der Waals surface area contributed by atoms with E-state index in [1.165, 1.54) is 0 Å². The van der Waals surface area contributed by atoms with Crippen molar-refractivity contribution < 1.29 is 14.6 Å². The first-order valence-electron chi connectivity index (χ1n) is 3.86. The summed E-state index contributed by atoms with van der Waals surface area (Å²) in [5.74, 6) is -0.909. The van der Waals surface area contributed by atoms with Crippen molar-refractivity contribution >= 4 is 5.97 Å². The van der Waals surface area contributed by atoms with Gasteiger partial charge in [0, 0.05) is 26.3 Å². The third-order valence-electron chi connectivity index (χ3n) is 1.22. The lowest BCUT2D eigenvalue weighted by molar-refractivity contribution is -0.131. The Morgan fingerprint density at radius 2 is 2.42 bits per heavy atom. The van der Waals surface area contributed by atoms with E-state index in [0.717, 1.165) is 25.6 Å². The molecule has 0 aliphatic heterocycles. The molecule has 4 nitrogen and oxygen atoms in total. The van der Waals surface area contributed by atoms with Crippen molar-refractivity contribution in [3.63, 3.8) is 0 Å². The summed E-state index contributed by atoms with van der Waals surface area (Å²) in [5.41, 5.74) is 0. The van der Waals surface area contributed by atoms with Gasteiger partial charge in [-0.3, -0.25) is 0 Å². The second kappa shape index (κ2) is 8.23. The monoisotopic (exact) mass is 173 g/mol. The summed E-state index contributed by atoms with van der Waals surface area (Å²) in [6.07, 6.45) is 3.65. The van der Waals surface area contributed by atoms with Crippen LogP contribution >= 0.6 is 0 Å². The van der Waals surface area contributed by atoms with Gasteiger partial charge in [-0.25, -0.2) is 4.79 Å². The molecule has 0 rings (SSSR count). The molecule has 0 aromatic heterocycles. The van der Waals surface area contributed by atoms with Crippen molar-refractivity contribution in [3.8, 4) is 0 Å². The maximum atomic E-state index is 10.00. The van der Waals surface area contributed by atoms with Gasteiger partial charge in [-0.05, 0) is 13.0 Å². The first-order chi connectivity index (χ1) is 5.77. The summed E-state index contributed by atoms with van der Waals surface area (Å²) >= 11 is 0. The molecule has 0 amide bonds. The SMILES string of the molecule is COCCCNC/C=C/C(=O)O. The van der Waals surface area contributed by atoms with E-state index in [4.69, 9.17) is 9.84 Å². The van der Waals surface area contributed by atoms with E-state index in [-0.39, 0.29) is 0 Å². The van der Waals surface area contributed by atoms with Crippen LogP contribution in [-0.2, 0) is 9.53 Å². The average Bonchev–Trinajstić information content (AvgIpc) is 2.02. The molecule has 0 saturated carbocycles. The molecule has 0 aliphatic carbocycles. The van der Waals surface area contributed by atoms with Gasteiger partial charge in [0.15, 0.2) is 0 Å². The summed E-state index contributed by atoms with van der Waals surface area (Å²) in [6.45, 7) is 2.17. The molecule has 0 aromatic rings. The highest BCUT2D eigenvalue weighted by Gasteiger charge is 1.86. The number of nitrogens with one attached hydrogen (secondary N) is 1. The zero-order valence-electron chi connectivity index (χ0n) is 7.25. The van der Waals surface area contributed by atoms with Gasteiger partial charge >= 0.3 is 5.97 Å². The summed E-state index contributed by atoms with van der Waals surface area (Å²) in [6, 6.07) is 0. The Bertz CT molecular complexity index is 145. The Labute approximate surface area is 72.2 Å². The van der Waals surface area contributed by atoms with E-state index in [0.29, 0.717) is 6.54 Å². The van der Waals surface area contributed by atoms with Gasteiger partial charge in [0.2, 0.25) is 0 Å². The molecule has 0 radical (unpaired) electrons. The topological polar surface area (TPSA) is 58.6 Å². The van der Waals surface area contributed by atoms with Crippen LogP contribution in [0, 0.1) is 0 Å². The Hall–Kier alpha value is -0.870. The zero-order valence-corrected chi connectivity index (χ0v) is 7.25. The van der Waals surface area contributed by atoms with Crippen molar-refractivity contribution in [2.24, 2.45) is 0 Å². The molecular weight excluding hydrogens is 158 g/mol. The van der Waals surface area contributed by atoms with Gasteiger partial charge in [0.25, 0.3) is 0 Å². The van der Waals surface area contributed by atoms with Crippen LogP contribution in [0.3, 0.4) is 0 Å². The van der Waals surface area contributed by atoms with Crippen LogP contribution < -0.4 is 5.32 Å². The van der Waals surface area contributed by atoms with Gasteiger partial charge in [0.1, 0.15) is 0 Å². The van der Waals surface area contributed by atoms with Crippen LogP contribution in [0.1, 0.15) is 6.42 Å². The smallest absolute Gasteiger partial charge is 0.328 e. The van der Waals surface area contributed by atoms with Crippen LogP contribution in [-0.4, -0.2) is 37.9 Å². The number of carboxylic acid groups (broad SMARTS) is 1. The second-order valence-corrected chi connectivity index (χ2v) is 2.29. The molecule has 0 heterocycles. The van der Waals surface area contributed by atoms with Crippen molar-refractivity contribution in [1.82, 2.24) is 5.32 Å². The minimum Gasteiger partial charge on any atom is -0.478 e. The Balaban J connectivity index is 3.05. The van der Waals surface area contributed by atoms with Gasteiger partial charge in [-0.1, -0.05) is 6.08 Å². The minimum absolute atomic E-state index is 0.593. The molecule has 0 atom stereocenters. The molecule has 0 bridgehead atoms. The van der Waals surface area contributed by atoms with Gasteiger partial charge in [-0.15, -0.1) is 0 Å². The van der Waals surface area contributed by atoms with Crippen LogP contribution in [0.15, 0.2) is 12.2 Å². The van der Waals surface area contributed by atoms with Crippen molar-refractivity contribution in [2.45, 2.75) is 6.42 Å². The summed E-state index contributed by atoms with van der Waals surface area (Å²) in [7, 11) is 1.66. The molecule has 0 saturated heterocycles. The number of rotatable bonds is 7. The summed E-state index contributed by atoms with van der Waals surface area (Å²) in [4.78, 5) is 10.00. The highest BCUT2D eigenvalue weighted by Crippen LogP contribution is 1.77. The van der Waals surface area contributed by atoms with Crippen molar-refractivity contribution in [2.75, 3.05) is 26.8 Å². The Kier molecular flexibility index (Phi) is 7.63. The van der Waals surface area contributed by atoms with Crippen LogP contribution in [0.25, 0.3) is 0 Å². The standard InChI is InChI=1S/C8H15NO3/c1-12-7-3-6-9-5-2-4-8(10)11/h2,4,9H,3,5-7H2,1H3,(H,10,11)/b4-2+. The molecule has 0 aliphatic rings.